The highest BCUT2D eigenvalue weighted by molar-refractivity contribution is 6.30. The van der Waals surface area contributed by atoms with E-state index in [2.05, 4.69) is 24.4 Å². The number of aliphatic hydroxyl groups excluding tert-OH is 1. The van der Waals surface area contributed by atoms with Gasteiger partial charge in [-0.1, -0.05) is 49.2 Å². The third-order valence-electron chi connectivity index (χ3n) is 3.91. The van der Waals surface area contributed by atoms with E-state index in [-0.39, 0.29) is 12.6 Å². The molecule has 0 aromatic heterocycles. The first-order valence-electron chi connectivity index (χ1n) is 8.47. The zero-order chi connectivity index (χ0) is 17.4. The normalized spacial score (nSPS) is 13.5. The van der Waals surface area contributed by atoms with Crippen molar-refractivity contribution in [2.75, 3.05) is 13.2 Å². The molecule has 2 aromatic rings. The van der Waals surface area contributed by atoms with E-state index in [9.17, 15) is 5.11 Å². The number of hydrogen-bond acceptors (Lipinski definition) is 3. The number of hydrogen-bond donors (Lipinski definition) is 2. The Hall–Kier alpha value is -1.55. The molecule has 130 valence electrons. The van der Waals surface area contributed by atoms with Crippen LogP contribution in [0.3, 0.4) is 0 Å². The molecule has 0 saturated carbocycles. The molecule has 2 atom stereocenters. The minimum Gasteiger partial charge on any atom is -0.491 e. The predicted molar refractivity (Wildman–Crippen MR) is 99.8 cm³/mol. The molecule has 2 unspecified atom stereocenters. The number of benzene rings is 2. The molecule has 0 amide bonds. The maximum atomic E-state index is 10.1. The van der Waals surface area contributed by atoms with E-state index in [4.69, 9.17) is 16.3 Å². The van der Waals surface area contributed by atoms with Crippen molar-refractivity contribution < 1.29 is 9.84 Å². The summed E-state index contributed by atoms with van der Waals surface area (Å²) in [5, 5.41) is 14.1. The zero-order valence-corrected chi connectivity index (χ0v) is 15.1. The third-order valence-corrected chi connectivity index (χ3v) is 4.15. The van der Waals surface area contributed by atoms with E-state index >= 15 is 0 Å². The van der Waals surface area contributed by atoms with Crippen molar-refractivity contribution in [2.24, 2.45) is 0 Å². The molecule has 3 nitrogen and oxygen atoms in total. The van der Waals surface area contributed by atoms with Crippen LogP contribution >= 0.6 is 11.6 Å². The van der Waals surface area contributed by atoms with Crippen LogP contribution in [0, 0.1) is 0 Å². The highest BCUT2D eigenvalue weighted by Gasteiger charge is 2.10. The topological polar surface area (TPSA) is 41.5 Å². The van der Waals surface area contributed by atoms with E-state index in [1.807, 2.05) is 43.3 Å². The average molecular weight is 348 g/mol. The Bertz CT molecular complexity index is 615. The van der Waals surface area contributed by atoms with E-state index < -0.39 is 6.10 Å². The fourth-order valence-corrected chi connectivity index (χ4v) is 2.70. The molecule has 0 aliphatic heterocycles. The van der Waals surface area contributed by atoms with Gasteiger partial charge in [-0.3, -0.25) is 0 Å². The van der Waals surface area contributed by atoms with Gasteiger partial charge in [-0.05, 0) is 48.7 Å². The monoisotopic (exact) mass is 347 g/mol. The van der Waals surface area contributed by atoms with Gasteiger partial charge in [0.2, 0.25) is 0 Å². The SMILES string of the molecule is CCCc1ccc(OCC(O)CNC(C)c2cccc(Cl)c2)cc1. The maximum Gasteiger partial charge on any atom is 0.119 e. The number of rotatable bonds is 9. The summed E-state index contributed by atoms with van der Waals surface area (Å²) in [7, 11) is 0. The smallest absolute Gasteiger partial charge is 0.119 e. The number of aliphatic hydroxyl groups is 1. The zero-order valence-electron chi connectivity index (χ0n) is 14.3. The number of ether oxygens (including phenoxy) is 1. The summed E-state index contributed by atoms with van der Waals surface area (Å²) in [6.07, 6.45) is 1.64. The predicted octanol–water partition coefficient (Wildman–Crippen LogP) is 4.38. The molecule has 4 heteroatoms. The van der Waals surface area contributed by atoms with Crippen molar-refractivity contribution in [1.82, 2.24) is 5.32 Å². The van der Waals surface area contributed by atoms with E-state index in [1.54, 1.807) is 0 Å². The summed E-state index contributed by atoms with van der Waals surface area (Å²) < 4.78 is 5.65. The Labute approximate surface area is 149 Å². The second-order valence-corrected chi connectivity index (χ2v) is 6.48. The molecule has 0 heterocycles. The lowest BCUT2D eigenvalue weighted by molar-refractivity contribution is 0.104. The molecule has 0 aliphatic rings. The van der Waals surface area contributed by atoms with Crippen molar-refractivity contribution in [1.29, 1.82) is 0 Å². The van der Waals surface area contributed by atoms with Crippen LogP contribution in [0.2, 0.25) is 5.02 Å². The van der Waals surface area contributed by atoms with Crippen LogP contribution in [-0.2, 0) is 6.42 Å². The molecule has 2 aromatic carbocycles. The molecule has 0 fully saturated rings. The minimum absolute atomic E-state index is 0.117. The Morgan fingerprint density at radius 2 is 1.92 bits per heavy atom. The molecule has 2 N–H and O–H groups in total. The van der Waals surface area contributed by atoms with Crippen molar-refractivity contribution in [3.63, 3.8) is 0 Å². The van der Waals surface area contributed by atoms with Gasteiger partial charge in [-0.15, -0.1) is 0 Å². The molecular formula is C20H26ClNO2. The van der Waals surface area contributed by atoms with Crippen LogP contribution in [0.25, 0.3) is 0 Å². The van der Waals surface area contributed by atoms with Crippen molar-refractivity contribution >= 4 is 11.6 Å². The number of aryl methyl sites for hydroxylation is 1. The molecule has 0 radical (unpaired) electrons. The quantitative estimate of drug-likeness (QED) is 0.707. The van der Waals surface area contributed by atoms with Crippen LogP contribution in [0.4, 0.5) is 0 Å². The van der Waals surface area contributed by atoms with Crippen molar-refractivity contribution in [3.05, 3.63) is 64.7 Å². The van der Waals surface area contributed by atoms with Crippen LogP contribution in [0.15, 0.2) is 48.5 Å². The molecular weight excluding hydrogens is 322 g/mol. The fraction of sp³-hybridized carbons (Fsp3) is 0.400. The van der Waals surface area contributed by atoms with Gasteiger partial charge in [0.05, 0.1) is 0 Å². The van der Waals surface area contributed by atoms with Gasteiger partial charge in [0.15, 0.2) is 0 Å². The Balaban J connectivity index is 1.73. The van der Waals surface area contributed by atoms with E-state index in [0.29, 0.717) is 6.54 Å². The lowest BCUT2D eigenvalue weighted by atomic mass is 10.1. The first-order valence-corrected chi connectivity index (χ1v) is 8.85. The van der Waals surface area contributed by atoms with Crippen LogP contribution in [0.5, 0.6) is 5.75 Å². The molecule has 0 spiro atoms. The van der Waals surface area contributed by atoms with Crippen LogP contribution in [0.1, 0.15) is 37.4 Å². The first kappa shape index (κ1) is 18.8. The Kier molecular flexibility index (Phi) is 7.57. The van der Waals surface area contributed by atoms with E-state index in [0.717, 1.165) is 29.2 Å². The molecule has 0 bridgehead atoms. The first-order chi connectivity index (χ1) is 11.6. The second kappa shape index (κ2) is 9.67. The van der Waals surface area contributed by atoms with E-state index in [1.165, 1.54) is 5.56 Å². The number of halogens is 1. The minimum atomic E-state index is -0.568. The maximum absolute atomic E-state index is 10.1. The summed E-state index contributed by atoms with van der Waals surface area (Å²) in [5.74, 6) is 0.789. The summed E-state index contributed by atoms with van der Waals surface area (Å²) in [5.41, 5.74) is 2.41. The van der Waals surface area contributed by atoms with Gasteiger partial charge >= 0.3 is 0 Å². The third kappa shape index (κ3) is 6.16. The standard InChI is InChI=1S/C20H26ClNO2/c1-3-5-16-8-10-20(11-9-16)24-14-19(23)13-22-15(2)17-6-4-7-18(21)12-17/h4,6-12,15,19,22-23H,3,5,13-14H2,1-2H3. The van der Waals surface area contributed by atoms with Gasteiger partial charge in [-0.25, -0.2) is 0 Å². The van der Waals surface area contributed by atoms with Crippen molar-refractivity contribution in [2.45, 2.75) is 38.8 Å². The average Bonchev–Trinajstić information content (AvgIpc) is 2.59. The summed E-state index contributed by atoms with van der Waals surface area (Å²) in [6, 6.07) is 15.9. The molecule has 24 heavy (non-hydrogen) atoms. The fourth-order valence-electron chi connectivity index (χ4n) is 2.50. The van der Waals surface area contributed by atoms with Gasteiger partial charge < -0.3 is 15.2 Å². The highest BCUT2D eigenvalue weighted by atomic mass is 35.5. The molecule has 0 aliphatic carbocycles. The summed E-state index contributed by atoms with van der Waals surface area (Å²) in [4.78, 5) is 0. The Morgan fingerprint density at radius 3 is 2.58 bits per heavy atom. The number of nitrogens with one attached hydrogen (secondary N) is 1. The summed E-state index contributed by atoms with van der Waals surface area (Å²) >= 11 is 6.00. The molecule has 0 saturated heterocycles. The van der Waals surface area contributed by atoms with Gasteiger partial charge in [0.25, 0.3) is 0 Å². The van der Waals surface area contributed by atoms with Gasteiger partial charge in [0, 0.05) is 17.6 Å². The lowest BCUT2D eigenvalue weighted by Crippen LogP contribution is -2.33. The second-order valence-electron chi connectivity index (χ2n) is 6.04. The van der Waals surface area contributed by atoms with Gasteiger partial charge in [-0.2, -0.15) is 0 Å². The van der Waals surface area contributed by atoms with Crippen molar-refractivity contribution in [3.8, 4) is 5.75 Å². The highest BCUT2D eigenvalue weighted by Crippen LogP contribution is 2.17. The lowest BCUT2D eigenvalue weighted by Gasteiger charge is -2.18. The Morgan fingerprint density at radius 1 is 1.17 bits per heavy atom. The van der Waals surface area contributed by atoms with Crippen LogP contribution < -0.4 is 10.1 Å². The largest absolute Gasteiger partial charge is 0.491 e. The summed E-state index contributed by atoms with van der Waals surface area (Å²) in [6.45, 7) is 4.94. The van der Waals surface area contributed by atoms with Crippen LogP contribution in [-0.4, -0.2) is 24.4 Å². The van der Waals surface area contributed by atoms with Gasteiger partial charge in [0.1, 0.15) is 18.5 Å². The molecule has 2 rings (SSSR count).